The van der Waals surface area contributed by atoms with Crippen LogP contribution in [0.2, 0.25) is 0 Å². The maximum absolute atomic E-state index is 11.1. The molecule has 0 bridgehead atoms. The number of nitro groups is 1. The normalized spacial score (nSPS) is 11.9. The standard InChI is InChI=1S/C12H15NO5S/c1-3-18-9-5-4-6-10(12(9)13(16)17)19-8(2)7-11(14)15/h4-6,8H,3,7H2,1-2H3,(H,14,15). The van der Waals surface area contributed by atoms with E-state index < -0.39 is 10.9 Å². The fourth-order valence-electron chi connectivity index (χ4n) is 1.55. The second-order valence-electron chi connectivity index (χ2n) is 3.82. The third-order valence-electron chi connectivity index (χ3n) is 2.23. The van der Waals surface area contributed by atoms with Gasteiger partial charge >= 0.3 is 11.7 Å². The molecule has 0 saturated heterocycles. The predicted octanol–water partition coefficient (Wildman–Crippen LogP) is 2.95. The van der Waals surface area contributed by atoms with Crippen molar-refractivity contribution in [1.82, 2.24) is 0 Å². The van der Waals surface area contributed by atoms with Gasteiger partial charge in [0.15, 0.2) is 5.75 Å². The molecular formula is C12H15NO5S. The largest absolute Gasteiger partial charge is 0.487 e. The van der Waals surface area contributed by atoms with Crippen LogP contribution in [0.3, 0.4) is 0 Å². The van der Waals surface area contributed by atoms with Crippen LogP contribution in [0.25, 0.3) is 0 Å². The molecule has 1 aromatic rings. The predicted molar refractivity (Wildman–Crippen MR) is 71.8 cm³/mol. The summed E-state index contributed by atoms with van der Waals surface area (Å²) < 4.78 is 5.23. The number of hydrogen-bond donors (Lipinski definition) is 1. The van der Waals surface area contributed by atoms with E-state index in [1.165, 1.54) is 6.07 Å². The molecule has 0 spiro atoms. The second-order valence-corrected chi connectivity index (χ2v) is 5.30. The number of para-hydroxylation sites is 1. The Kier molecular flexibility index (Phi) is 5.62. The topological polar surface area (TPSA) is 89.7 Å². The second kappa shape index (κ2) is 6.98. The van der Waals surface area contributed by atoms with Gasteiger partial charge in [0.05, 0.1) is 22.8 Å². The molecule has 104 valence electrons. The average Bonchev–Trinajstić information content (AvgIpc) is 2.27. The number of hydrogen-bond acceptors (Lipinski definition) is 5. The Morgan fingerprint density at radius 1 is 1.58 bits per heavy atom. The summed E-state index contributed by atoms with van der Waals surface area (Å²) in [5.41, 5.74) is -0.105. The van der Waals surface area contributed by atoms with E-state index in [-0.39, 0.29) is 23.1 Å². The molecule has 1 unspecified atom stereocenters. The third kappa shape index (κ3) is 4.44. The molecule has 7 heteroatoms. The van der Waals surface area contributed by atoms with Gasteiger partial charge in [0, 0.05) is 5.25 Å². The Morgan fingerprint density at radius 2 is 2.26 bits per heavy atom. The molecular weight excluding hydrogens is 270 g/mol. The van der Waals surface area contributed by atoms with E-state index >= 15 is 0 Å². The van der Waals surface area contributed by atoms with Crippen molar-refractivity contribution in [3.8, 4) is 5.75 Å². The summed E-state index contributed by atoms with van der Waals surface area (Å²) >= 11 is 1.16. The van der Waals surface area contributed by atoms with Gasteiger partial charge in [-0.1, -0.05) is 13.0 Å². The lowest BCUT2D eigenvalue weighted by Crippen LogP contribution is -2.06. The van der Waals surface area contributed by atoms with Gasteiger partial charge < -0.3 is 9.84 Å². The Balaban J connectivity index is 3.02. The fourth-order valence-corrected chi connectivity index (χ4v) is 2.66. The highest BCUT2D eigenvalue weighted by Gasteiger charge is 2.23. The van der Waals surface area contributed by atoms with Crippen LogP contribution in [0.4, 0.5) is 5.69 Å². The first-order valence-electron chi connectivity index (χ1n) is 5.74. The first-order chi connectivity index (χ1) is 8.95. The van der Waals surface area contributed by atoms with E-state index in [0.29, 0.717) is 11.5 Å². The lowest BCUT2D eigenvalue weighted by atomic mass is 10.3. The highest BCUT2D eigenvalue weighted by Crippen LogP contribution is 2.39. The molecule has 0 amide bonds. The molecule has 0 heterocycles. The number of aliphatic carboxylic acids is 1. The van der Waals surface area contributed by atoms with Crippen molar-refractivity contribution in [2.24, 2.45) is 0 Å². The number of benzene rings is 1. The summed E-state index contributed by atoms with van der Waals surface area (Å²) in [4.78, 5) is 21.7. The molecule has 0 radical (unpaired) electrons. The summed E-state index contributed by atoms with van der Waals surface area (Å²) in [6.07, 6.45) is -0.0549. The molecule has 1 atom stereocenters. The summed E-state index contributed by atoms with van der Waals surface area (Å²) in [5.74, 6) is -0.719. The van der Waals surface area contributed by atoms with Gasteiger partial charge in [-0.3, -0.25) is 14.9 Å². The van der Waals surface area contributed by atoms with Gasteiger partial charge in [-0.25, -0.2) is 0 Å². The van der Waals surface area contributed by atoms with Crippen molar-refractivity contribution in [1.29, 1.82) is 0 Å². The van der Waals surface area contributed by atoms with Crippen LogP contribution in [-0.2, 0) is 4.79 Å². The van der Waals surface area contributed by atoms with Gasteiger partial charge in [-0.05, 0) is 19.1 Å². The van der Waals surface area contributed by atoms with Crippen molar-refractivity contribution >= 4 is 23.4 Å². The molecule has 1 rings (SSSR count). The smallest absolute Gasteiger partial charge is 0.324 e. The number of carboxylic acids is 1. The molecule has 0 aliphatic heterocycles. The molecule has 0 saturated carbocycles. The molecule has 0 aliphatic rings. The van der Waals surface area contributed by atoms with Crippen LogP contribution < -0.4 is 4.74 Å². The van der Waals surface area contributed by atoms with Crippen LogP contribution in [0.1, 0.15) is 20.3 Å². The van der Waals surface area contributed by atoms with Crippen LogP contribution in [0, 0.1) is 10.1 Å². The first kappa shape index (κ1) is 15.3. The zero-order chi connectivity index (χ0) is 14.4. The van der Waals surface area contributed by atoms with E-state index in [4.69, 9.17) is 9.84 Å². The fraction of sp³-hybridized carbons (Fsp3) is 0.417. The van der Waals surface area contributed by atoms with Gasteiger partial charge in [0.1, 0.15) is 0 Å². The molecule has 1 aromatic carbocycles. The Morgan fingerprint density at radius 3 is 2.79 bits per heavy atom. The first-order valence-corrected chi connectivity index (χ1v) is 6.62. The molecule has 0 fully saturated rings. The quantitative estimate of drug-likeness (QED) is 0.470. The van der Waals surface area contributed by atoms with E-state index in [9.17, 15) is 14.9 Å². The summed E-state index contributed by atoms with van der Waals surface area (Å²) in [5, 5.41) is 19.6. The maximum atomic E-state index is 11.1. The van der Waals surface area contributed by atoms with E-state index in [1.54, 1.807) is 26.0 Å². The summed E-state index contributed by atoms with van der Waals surface area (Å²) in [6, 6.07) is 4.80. The van der Waals surface area contributed by atoms with Crippen LogP contribution in [0.15, 0.2) is 23.1 Å². The van der Waals surface area contributed by atoms with E-state index in [1.807, 2.05) is 0 Å². The van der Waals surface area contributed by atoms with Crippen molar-refractivity contribution in [2.45, 2.75) is 30.4 Å². The van der Waals surface area contributed by atoms with Gasteiger partial charge in [-0.15, -0.1) is 11.8 Å². The number of rotatable bonds is 7. The van der Waals surface area contributed by atoms with Gasteiger partial charge in [0.2, 0.25) is 0 Å². The highest BCUT2D eigenvalue weighted by molar-refractivity contribution is 8.00. The summed E-state index contributed by atoms with van der Waals surface area (Å²) in [6.45, 7) is 3.80. The molecule has 0 aliphatic carbocycles. The minimum atomic E-state index is -0.927. The van der Waals surface area contributed by atoms with Crippen molar-refractivity contribution < 1.29 is 19.6 Å². The number of nitrogens with zero attached hydrogens (tertiary/aromatic N) is 1. The van der Waals surface area contributed by atoms with Crippen LogP contribution in [0.5, 0.6) is 5.75 Å². The summed E-state index contributed by atoms with van der Waals surface area (Å²) in [7, 11) is 0. The lowest BCUT2D eigenvalue weighted by Gasteiger charge is -2.11. The Hall–Kier alpha value is -1.76. The van der Waals surface area contributed by atoms with Crippen LogP contribution >= 0.6 is 11.8 Å². The molecule has 0 aromatic heterocycles. The Bertz CT molecular complexity index is 477. The van der Waals surface area contributed by atoms with Gasteiger partial charge in [-0.2, -0.15) is 0 Å². The number of thioether (sulfide) groups is 1. The van der Waals surface area contributed by atoms with Crippen LogP contribution in [-0.4, -0.2) is 27.9 Å². The van der Waals surface area contributed by atoms with E-state index in [2.05, 4.69) is 0 Å². The average molecular weight is 285 g/mol. The number of carboxylic acid groups (broad SMARTS) is 1. The zero-order valence-corrected chi connectivity index (χ0v) is 11.5. The van der Waals surface area contributed by atoms with Gasteiger partial charge in [0.25, 0.3) is 0 Å². The van der Waals surface area contributed by atoms with Crippen molar-refractivity contribution in [3.63, 3.8) is 0 Å². The SMILES string of the molecule is CCOc1cccc(SC(C)CC(=O)O)c1[N+](=O)[O-]. The number of carbonyl (C=O) groups is 1. The maximum Gasteiger partial charge on any atom is 0.324 e. The third-order valence-corrected chi connectivity index (χ3v) is 3.39. The highest BCUT2D eigenvalue weighted by atomic mass is 32.2. The molecule has 19 heavy (non-hydrogen) atoms. The zero-order valence-electron chi connectivity index (χ0n) is 10.7. The number of ether oxygens (including phenoxy) is 1. The Labute approximate surface area is 114 Å². The van der Waals surface area contributed by atoms with Crippen molar-refractivity contribution in [3.05, 3.63) is 28.3 Å². The minimum absolute atomic E-state index is 0.0549. The molecule has 6 nitrogen and oxygen atoms in total. The monoisotopic (exact) mass is 285 g/mol. The van der Waals surface area contributed by atoms with Crippen molar-refractivity contribution in [2.75, 3.05) is 6.61 Å². The van der Waals surface area contributed by atoms with E-state index in [0.717, 1.165) is 11.8 Å². The minimum Gasteiger partial charge on any atom is -0.487 e. The lowest BCUT2D eigenvalue weighted by molar-refractivity contribution is -0.388. The molecule has 1 N–H and O–H groups in total. The number of nitro benzene ring substituents is 1.